The number of fused-ring (bicyclic) bond motifs is 1. The van der Waals surface area contributed by atoms with E-state index in [0.717, 1.165) is 31.6 Å². The Hall–Kier alpha value is -1.69. The average Bonchev–Trinajstić information content (AvgIpc) is 2.70. The summed E-state index contributed by atoms with van der Waals surface area (Å²) in [6, 6.07) is 0. The Morgan fingerprint density at radius 2 is 2.23 bits per heavy atom. The number of hydrogen-bond donors (Lipinski definition) is 3. The first-order chi connectivity index (χ1) is 10.7. The van der Waals surface area contributed by atoms with E-state index in [1.807, 2.05) is 0 Å². The SMILES string of the molecule is O=C(NCC12CCC1CCN2)c1cnc(C2CCC2)[nH]c1=O. The zero-order valence-electron chi connectivity index (χ0n) is 12.7. The van der Waals surface area contributed by atoms with Crippen LogP contribution in [-0.4, -0.2) is 34.5 Å². The molecule has 0 aromatic carbocycles. The second kappa shape index (κ2) is 5.19. The molecule has 3 aliphatic rings. The van der Waals surface area contributed by atoms with Crippen LogP contribution in [0.25, 0.3) is 0 Å². The molecule has 1 amide bonds. The second-order valence-electron chi connectivity index (χ2n) is 6.93. The van der Waals surface area contributed by atoms with E-state index in [-0.39, 0.29) is 22.6 Å². The minimum absolute atomic E-state index is 0.0712. The zero-order valence-corrected chi connectivity index (χ0v) is 12.7. The van der Waals surface area contributed by atoms with Crippen molar-refractivity contribution in [3.8, 4) is 0 Å². The first-order valence-corrected chi connectivity index (χ1v) is 8.30. The van der Waals surface area contributed by atoms with E-state index in [1.165, 1.54) is 25.5 Å². The van der Waals surface area contributed by atoms with Gasteiger partial charge in [0.25, 0.3) is 11.5 Å². The van der Waals surface area contributed by atoms with Gasteiger partial charge in [0.05, 0.1) is 0 Å². The van der Waals surface area contributed by atoms with Crippen molar-refractivity contribution in [1.82, 2.24) is 20.6 Å². The fraction of sp³-hybridized carbons (Fsp3) is 0.688. The number of amides is 1. The largest absolute Gasteiger partial charge is 0.350 e. The van der Waals surface area contributed by atoms with Gasteiger partial charge in [0.2, 0.25) is 0 Å². The molecule has 2 atom stereocenters. The number of aromatic amines is 1. The number of aromatic nitrogens is 2. The minimum Gasteiger partial charge on any atom is -0.350 e. The molecule has 2 saturated carbocycles. The van der Waals surface area contributed by atoms with E-state index < -0.39 is 0 Å². The summed E-state index contributed by atoms with van der Waals surface area (Å²) in [5.41, 5.74) is -0.133. The lowest BCUT2D eigenvalue weighted by Gasteiger charge is -2.45. The van der Waals surface area contributed by atoms with Crippen molar-refractivity contribution >= 4 is 5.91 Å². The fourth-order valence-corrected chi connectivity index (χ4v) is 3.93. The van der Waals surface area contributed by atoms with Crippen LogP contribution in [0.3, 0.4) is 0 Å². The number of carbonyl (C=O) groups is 1. The van der Waals surface area contributed by atoms with Gasteiger partial charge in [-0.2, -0.15) is 0 Å². The fourth-order valence-electron chi connectivity index (χ4n) is 3.93. The summed E-state index contributed by atoms with van der Waals surface area (Å²) in [6.07, 6.45) is 8.29. The molecule has 6 heteroatoms. The highest BCUT2D eigenvalue weighted by Crippen LogP contribution is 2.43. The molecular formula is C16H22N4O2. The molecule has 1 saturated heterocycles. The Morgan fingerprint density at radius 1 is 1.36 bits per heavy atom. The number of carbonyl (C=O) groups excluding carboxylic acids is 1. The Balaban J connectivity index is 1.43. The molecule has 1 aromatic heterocycles. The Morgan fingerprint density at radius 3 is 2.82 bits per heavy atom. The maximum Gasteiger partial charge on any atom is 0.263 e. The number of H-pyrrole nitrogens is 1. The van der Waals surface area contributed by atoms with Gasteiger partial charge in [-0.1, -0.05) is 6.42 Å². The minimum atomic E-state index is -0.323. The van der Waals surface area contributed by atoms with E-state index in [9.17, 15) is 9.59 Å². The van der Waals surface area contributed by atoms with Gasteiger partial charge in [0.1, 0.15) is 11.4 Å². The maximum absolute atomic E-state index is 12.3. The van der Waals surface area contributed by atoms with Crippen molar-refractivity contribution in [2.24, 2.45) is 5.92 Å². The lowest BCUT2D eigenvalue weighted by atomic mass is 9.68. The van der Waals surface area contributed by atoms with E-state index in [4.69, 9.17) is 0 Å². The van der Waals surface area contributed by atoms with Crippen LogP contribution in [0, 0.1) is 5.92 Å². The molecule has 6 nitrogen and oxygen atoms in total. The standard InChI is InChI=1S/C16H22N4O2/c21-14(18-9-16-6-4-11(16)5-7-19-16)12-8-17-13(20-15(12)22)10-2-1-3-10/h8,10-11,19H,1-7,9H2,(H,18,21)(H,17,20,22). The summed E-state index contributed by atoms with van der Waals surface area (Å²) >= 11 is 0. The monoisotopic (exact) mass is 302 g/mol. The van der Waals surface area contributed by atoms with Gasteiger partial charge in [-0.15, -0.1) is 0 Å². The summed E-state index contributed by atoms with van der Waals surface area (Å²) in [7, 11) is 0. The first-order valence-electron chi connectivity index (χ1n) is 8.30. The van der Waals surface area contributed by atoms with Crippen molar-refractivity contribution in [3.05, 3.63) is 27.9 Å². The Bertz CT molecular complexity index is 652. The number of nitrogens with zero attached hydrogens (tertiary/aromatic N) is 1. The topological polar surface area (TPSA) is 86.9 Å². The second-order valence-corrected chi connectivity index (χ2v) is 6.93. The predicted molar refractivity (Wildman–Crippen MR) is 81.9 cm³/mol. The maximum atomic E-state index is 12.3. The van der Waals surface area contributed by atoms with Crippen LogP contribution in [0.4, 0.5) is 0 Å². The smallest absolute Gasteiger partial charge is 0.263 e. The van der Waals surface area contributed by atoms with Crippen LogP contribution in [0.15, 0.2) is 11.0 Å². The number of rotatable bonds is 4. The van der Waals surface area contributed by atoms with Crippen molar-refractivity contribution in [1.29, 1.82) is 0 Å². The molecule has 3 N–H and O–H groups in total. The predicted octanol–water partition coefficient (Wildman–Crippen LogP) is 0.909. The summed E-state index contributed by atoms with van der Waals surface area (Å²) in [6.45, 7) is 1.62. The van der Waals surface area contributed by atoms with Gasteiger partial charge < -0.3 is 15.6 Å². The van der Waals surface area contributed by atoms with Crippen LogP contribution in [-0.2, 0) is 0 Å². The Labute approximate surface area is 129 Å². The van der Waals surface area contributed by atoms with Crippen molar-refractivity contribution in [2.45, 2.75) is 50.0 Å². The molecule has 1 aliphatic heterocycles. The highest BCUT2D eigenvalue weighted by atomic mass is 16.2. The average molecular weight is 302 g/mol. The third kappa shape index (κ3) is 2.17. The third-order valence-corrected chi connectivity index (χ3v) is 5.81. The molecule has 0 spiro atoms. The van der Waals surface area contributed by atoms with Gasteiger partial charge >= 0.3 is 0 Å². The van der Waals surface area contributed by atoms with Crippen molar-refractivity contribution in [2.75, 3.05) is 13.1 Å². The van der Waals surface area contributed by atoms with Crippen molar-refractivity contribution < 1.29 is 4.79 Å². The molecule has 2 aliphatic carbocycles. The summed E-state index contributed by atoms with van der Waals surface area (Å²) in [4.78, 5) is 31.4. The summed E-state index contributed by atoms with van der Waals surface area (Å²) < 4.78 is 0. The molecule has 118 valence electrons. The molecule has 4 rings (SSSR count). The van der Waals surface area contributed by atoms with E-state index in [1.54, 1.807) is 0 Å². The highest BCUT2D eigenvalue weighted by Gasteiger charge is 2.49. The van der Waals surface area contributed by atoms with E-state index in [2.05, 4.69) is 20.6 Å². The molecule has 0 bridgehead atoms. The van der Waals surface area contributed by atoms with Crippen LogP contribution < -0.4 is 16.2 Å². The number of hydrogen-bond acceptors (Lipinski definition) is 4. The van der Waals surface area contributed by atoms with E-state index in [0.29, 0.717) is 18.4 Å². The number of nitrogens with one attached hydrogen (secondary N) is 3. The van der Waals surface area contributed by atoms with Gasteiger partial charge in [-0.3, -0.25) is 9.59 Å². The zero-order chi connectivity index (χ0) is 15.2. The van der Waals surface area contributed by atoms with Crippen LogP contribution in [0.2, 0.25) is 0 Å². The van der Waals surface area contributed by atoms with Gasteiger partial charge in [-0.05, 0) is 44.6 Å². The van der Waals surface area contributed by atoms with Crippen molar-refractivity contribution in [3.63, 3.8) is 0 Å². The van der Waals surface area contributed by atoms with Gasteiger partial charge in [0.15, 0.2) is 0 Å². The van der Waals surface area contributed by atoms with Crippen LogP contribution in [0.5, 0.6) is 0 Å². The van der Waals surface area contributed by atoms with E-state index >= 15 is 0 Å². The summed E-state index contributed by atoms with van der Waals surface area (Å²) in [5.74, 6) is 1.44. The van der Waals surface area contributed by atoms with Crippen LogP contribution in [0.1, 0.15) is 60.6 Å². The lowest BCUT2D eigenvalue weighted by molar-refractivity contribution is 0.0876. The first kappa shape index (κ1) is 13.9. The lowest BCUT2D eigenvalue weighted by Crippen LogP contribution is -2.59. The molecule has 3 fully saturated rings. The van der Waals surface area contributed by atoms with Gasteiger partial charge in [-0.25, -0.2) is 4.98 Å². The normalized spacial score (nSPS) is 30.3. The molecule has 2 unspecified atom stereocenters. The third-order valence-electron chi connectivity index (χ3n) is 5.81. The molecular weight excluding hydrogens is 280 g/mol. The quantitative estimate of drug-likeness (QED) is 0.771. The Kier molecular flexibility index (Phi) is 3.29. The molecule has 22 heavy (non-hydrogen) atoms. The van der Waals surface area contributed by atoms with Crippen LogP contribution >= 0.6 is 0 Å². The highest BCUT2D eigenvalue weighted by molar-refractivity contribution is 5.93. The van der Waals surface area contributed by atoms with Gasteiger partial charge in [0, 0.05) is 24.2 Å². The molecule has 0 radical (unpaired) electrons. The summed E-state index contributed by atoms with van der Waals surface area (Å²) in [5, 5.41) is 6.43. The molecule has 1 aromatic rings. The molecule has 2 heterocycles.